The fourth-order valence-electron chi connectivity index (χ4n) is 2.92. The van der Waals surface area contributed by atoms with Crippen molar-refractivity contribution in [3.63, 3.8) is 0 Å². The van der Waals surface area contributed by atoms with Crippen LogP contribution in [0.4, 0.5) is 0 Å². The zero-order valence-electron chi connectivity index (χ0n) is 13.8. The van der Waals surface area contributed by atoms with E-state index in [4.69, 9.17) is 0 Å². The predicted octanol–water partition coefficient (Wildman–Crippen LogP) is 3.49. The molecule has 1 heterocycles. The molecule has 0 bridgehead atoms. The van der Waals surface area contributed by atoms with Crippen LogP contribution in [0.5, 0.6) is 0 Å². The first-order chi connectivity index (χ1) is 9.51. The number of nitrogens with one attached hydrogen (secondary N) is 1. The fraction of sp³-hybridized carbons (Fsp3) is 0.938. The largest absolute Gasteiger partial charge is 0.323 e. The van der Waals surface area contributed by atoms with E-state index in [1.165, 1.54) is 0 Å². The van der Waals surface area contributed by atoms with Crippen LogP contribution in [0, 0.1) is 5.92 Å². The third kappa shape index (κ3) is 4.96. The summed E-state index contributed by atoms with van der Waals surface area (Å²) in [6.07, 6.45) is 4.47. The van der Waals surface area contributed by atoms with E-state index in [0.717, 1.165) is 37.2 Å². The van der Waals surface area contributed by atoms with Gasteiger partial charge in [0.2, 0.25) is 5.91 Å². The van der Waals surface area contributed by atoms with Gasteiger partial charge < -0.3 is 4.90 Å². The van der Waals surface area contributed by atoms with Crippen LogP contribution in [0.25, 0.3) is 0 Å². The Bertz CT molecular complexity index is 296. The summed E-state index contributed by atoms with van der Waals surface area (Å²) in [7, 11) is 0. The number of hydrogen-bond donors (Lipinski definition) is 1. The highest BCUT2D eigenvalue weighted by atomic mass is 32.2. The lowest BCUT2D eigenvalue weighted by atomic mass is 10.0. The van der Waals surface area contributed by atoms with Gasteiger partial charge in [-0.3, -0.25) is 10.1 Å². The number of carbonyl (C=O) groups is 1. The highest BCUT2D eigenvalue weighted by Gasteiger charge is 2.40. The van der Waals surface area contributed by atoms with E-state index < -0.39 is 0 Å². The monoisotopic (exact) mass is 300 g/mol. The standard InChI is InChI=1S/C16H32N2OS/c1-6-8-15-17-14(11-12(3)4)16(19)18(15)13(5)9-10-20-7-2/h12-15,17H,6-11H2,1-5H3. The summed E-state index contributed by atoms with van der Waals surface area (Å²) in [6, 6.07) is 0.385. The summed E-state index contributed by atoms with van der Waals surface area (Å²) in [5.41, 5.74) is 0. The minimum atomic E-state index is 0.0350. The Balaban J connectivity index is 2.65. The van der Waals surface area contributed by atoms with Gasteiger partial charge in [0.25, 0.3) is 0 Å². The van der Waals surface area contributed by atoms with Crippen molar-refractivity contribution < 1.29 is 4.79 Å². The summed E-state index contributed by atoms with van der Waals surface area (Å²) in [5.74, 6) is 3.19. The van der Waals surface area contributed by atoms with Crippen molar-refractivity contribution in [1.82, 2.24) is 10.2 Å². The van der Waals surface area contributed by atoms with Crippen LogP contribution in [0.1, 0.15) is 60.3 Å². The normalized spacial score (nSPS) is 24.7. The number of thioether (sulfide) groups is 1. The fourth-order valence-corrected chi connectivity index (χ4v) is 3.71. The summed E-state index contributed by atoms with van der Waals surface area (Å²) < 4.78 is 0. The molecule has 0 saturated carbocycles. The first-order valence-electron chi connectivity index (χ1n) is 8.17. The van der Waals surface area contributed by atoms with Crippen molar-refractivity contribution in [1.29, 1.82) is 0 Å². The van der Waals surface area contributed by atoms with Crippen molar-refractivity contribution in [3.8, 4) is 0 Å². The Hall–Kier alpha value is -0.220. The predicted molar refractivity (Wildman–Crippen MR) is 89.0 cm³/mol. The van der Waals surface area contributed by atoms with Crippen LogP contribution in [0.3, 0.4) is 0 Å². The molecule has 0 aromatic heterocycles. The average molecular weight is 301 g/mol. The van der Waals surface area contributed by atoms with Crippen LogP contribution < -0.4 is 5.32 Å². The first-order valence-corrected chi connectivity index (χ1v) is 9.32. The van der Waals surface area contributed by atoms with Crippen LogP contribution >= 0.6 is 11.8 Å². The average Bonchev–Trinajstić information content (AvgIpc) is 2.66. The Kier molecular flexibility index (Phi) is 7.96. The van der Waals surface area contributed by atoms with Gasteiger partial charge in [0.05, 0.1) is 12.2 Å². The van der Waals surface area contributed by atoms with Gasteiger partial charge in [-0.15, -0.1) is 0 Å². The molecule has 1 aliphatic rings. The Morgan fingerprint density at radius 3 is 2.55 bits per heavy atom. The zero-order chi connectivity index (χ0) is 15.1. The summed E-state index contributed by atoms with van der Waals surface area (Å²) in [4.78, 5) is 14.8. The molecule has 1 N–H and O–H groups in total. The molecule has 1 fully saturated rings. The first kappa shape index (κ1) is 17.8. The molecular formula is C16H32N2OS. The molecule has 20 heavy (non-hydrogen) atoms. The third-order valence-electron chi connectivity index (χ3n) is 3.91. The van der Waals surface area contributed by atoms with Crippen molar-refractivity contribution in [3.05, 3.63) is 0 Å². The number of amides is 1. The van der Waals surface area contributed by atoms with Crippen molar-refractivity contribution in [2.75, 3.05) is 11.5 Å². The molecule has 0 aromatic carbocycles. The molecule has 1 amide bonds. The molecule has 0 aliphatic carbocycles. The highest BCUT2D eigenvalue weighted by Crippen LogP contribution is 2.24. The molecule has 1 rings (SSSR count). The van der Waals surface area contributed by atoms with Gasteiger partial charge in [-0.1, -0.05) is 34.1 Å². The van der Waals surface area contributed by atoms with Crippen molar-refractivity contribution >= 4 is 17.7 Å². The molecule has 0 aromatic rings. The maximum atomic E-state index is 12.7. The number of nitrogens with zero attached hydrogens (tertiary/aromatic N) is 1. The topological polar surface area (TPSA) is 32.3 Å². The molecule has 1 saturated heterocycles. The number of hydrogen-bond acceptors (Lipinski definition) is 3. The van der Waals surface area contributed by atoms with E-state index in [1.807, 2.05) is 11.8 Å². The van der Waals surface area contributed by atoms with E-state index >= 15 is 0 Å². The summed E-state index contributed by atoms with van der Waals surface area (Å²) in [6.45, 7) is 11.0. The minimum absolute atomic E-state index is 0.0350. The Morgan fingerprint density at radius 2 is 2.00 bits per heavy atom. The molecule has 118 valence electrons. The molecular weight excluding hydrogens is 268 g/mol. The smallest absolute Gasteiger partial charge is 0.241 e. The van der Waals surface area contributed by atoms with E-state index in [2.05, 4.69) is 44.8 Å². The lowest BCUT2D eigenvalue weighted by Crippen LogP contribution is -2.43. The second-order valence-electron chi connectivity index (χ2n) is 6.23. The van der Waals surface area contributed by atoms with E-state index in [0.29, 0.717) is 17.9 Å². The van der Waals surface area contributed by atoms with Crippen LogP contribution in [0.2, 0.25) is 0 Å². The van der Waals surface area contributed by atoms with Crippen LogP contribution in [-0.4, -0.2) is 40.6 Å². The quantitative estimate of drug-likeness (QED) is 0.662. The molecule has 3 nitrogen and oxygen atoms in total. The van der Waals surface area contributed by atoms with Gasteiger partial charge in [-0.25, -0.2) is 0 Å². The van der Waals surface area contributed by atoms with E-state index in [9.17, 15) is 4.79 Å². The maximum absolute atomic E-state index is 12.7. The molecule has 3 unspecified atom stereocenters. The highest BCUT2D eigenvalue weighted by molar-refractivity contribution is 7.99. The van der Waals surface area contributed by atoms with Gasteiger partial charge >= 0.3 is 0 Å². The maximum Gasteiger partial charge on any atom is 0.241 e. The molecule has 4 heteroatoms. The lowest BCUT2D eigenvalue weighted by molar-refractivity contribution is -0.132. The summed E-state index contributed by atoms with van der Waals surface area (Å²) >= 11 is 1.96. The summed E-state index contributed by atoms with van der Waals surface area (Å²) in [5, 5.41) is 3.56. The van der Waals surface area contributed by atoms with Crippen molar-refractivity contribution in [2.45, 2.75) is 78.6 Å². The minimum Gasteiger partial charge on any atom is -0.323 e. The van der Waals surface area contributed by atoms with Crippen LogP contribution in [-0.2, 0) is 4.79 Å². The second-order valence-corrected chi connectivity index (χ2v) is 7.63. The molecule has 1 aliphatic heterocycles. The van der Waals surface area contributed by atoms with E-state index in [-0.39, 0.29) is 12.2 Å². The third-order valence-corrected chi connectivity index (χ3v) is 4.84. The molecule has 0 spiro atoms. The number of rotatable bonds is 9. The lowest BCUT2D eigenvalue weighted by Gasteiger charge is -2.30. The van der Waals surface area contributed by atoms with Gasteiger partial charge in [0.15, 0.2) is 0 Å². The SMILES string of the molecule is CCCC1NC(CC(C)C)C(=O)N1C(C)CCSCC. The van der Waals surface area contributed by atoms with Gasteiger partial charge in [0.1, 0.15) is 0 Å². The van der Waals surface area contributed by atoms with Gasteiger partial charge in [-0.2, -0.15) is 11.8 Å². The Morgan fingerprint density at radius 1 is 1.30 bits per heavy atom. The Labute approximate surface area is 129 Å². The zero-order valence-corrected chi connectivity index (χ0v) is 14.6. The molecule has 0 radical (unpaired) electrons. The number of carbonyl (C=O) groups excluding carboxylic acids is 1. The van der Waals surface area contributed by atoms with Gasteiger partial charge in [-0.05, 0) is 43.6 Å². The second kappa shape index (κ2) is 8.93. The van der Waals surface area contributed by atoms with E-state index in [1.54, 1.807) is 0 Å². The van der Waals surface area contributed by atoms with Gasteiger partial charge in [0, 0.05) is 6.04 Å². The van der Waals surface area contributed by atoms with Crippen molar-refractivity contribution in [2.24, 2.45) is 5.92 Å². The van der Waals surface area contributed by atoms with Crippen LogP contribution in [0.15, 0.2) is 0 Å². The molecule has 3 atom stereocenters.